The van der Waals surface area contributed by atoms with E-state index in [9.17, 15) is 4.79 Å². The second-order valence-corrected chi connectivity index (χ2v) is 4.11. The van der Waals surface area contributed by atoms with Crippen LogP contribution in [0.3, 0.4) is 0 Å². The van der Waals surface area contributed by atoms with Gasteiger partial charge in [-0.1, -0.05) is 13.3 Å². The van der Waals surface area contributed by atoms with Crippen LogP contribution >= 0.6 is 0 Å². The lowest BCUT2D eigenvalue weighted by Gasteiger charge is -2.08. The molecule has 0 saturated heterocycles. The largest absolute Gasteiger partial charge is 0.353 e. The molecule has 0 radical (unpaired) electrons. The van der Waals surface area contributed by atoms with Crippen LogP contribution in [0.25, 0.3) is 0 Å². The molecule has 0 aliphatic heterocycles. The van der Waals surface area contributed by atoms with E-state index in [4.69, 9.17) is 0 Å². The van der Waals surface area contributed by atoms with Gasteiger partial charge in [0.25, 0.3) is 0 Å². The van der Waals surface area contributed by atoms with Crippen molar-refractivity contribution in [3.8, 4) is 0 Å². The van der Waals surface area contributed by atoms with Gasteiger partial charge in [-0.2, -0.15) is 0 Å². The van der Waals surface area contributed by atoms with Gasteiger partial charge in [-0.3, -0.25) is 4.79 Å². The summed E-state index contributed by atoms with van der Waals surface area (Å²) in [7, 11) is 0. The minimum atomic E-state index is 0.108. The maximum absolute atomic E-state index is 11.2. The highest BCUT2D eigenvalue weighted by Crippen LogP contribution is 2.32. The Labute approximate surface area is 80.3 Å². The van der Waals surface area contributed by atoms with Gasteiger partial charge in [-0.25, -0.2) is 0 Å². The average molecular weight is 184 g/mol. The molecule has 1 aliphatic carbocycles. The minimum Gasteiger partial charge on any atom is -0.353 e. The quantitative estimate of drug-likeness (QED) is 0.666. The van der Waals surface area contributed by atoms with Crippen molar-refractivity contribution >= 4 is 5.91 Å². The van der Waals surface area contributed by atoms with E-state index in [0.29, 0.717) is 12.6 Å². The molecule has 0 aromatic heterocycles. The zero-order valence-electron chi connectivity index (χ0n) is 8.76. The van der Waals surface area contributed by atoms with E-state index in [1.54, 1.807) is 0 Å². The van der Waals surface area contributed by atoms with Gasteiger partial charge in [0.2, 0.25) is 5.91 Å². The van der Waals surface area contributed by atoms with E-state index in [1.807, 2.05) is 13.8 Å². The van der Waals surface area contributed by atoms with Gasteiger partial charge < -0.3 is 10.6 Å². The lowest BCUT2D eigenvalue weighted by molar-refractivity contribution is -0.120. The van der Waals surface area contributed by atoms with Crippen LogP contribution < -0.4 is 10.6 Å². The molecule has 2 unspecified atom stereocenters. The van der Waals surface area contributed by atoms with Crippen molar-refractivity contribution in [3.05, 3.63) is 0 Å². The van der Waals surface area contributed by atoms with Crippen molar-refractivity contribution in [2.45, 2.75) is 45.7 Å². The van der Waals surface area contributed by atoms with Gasteiger partial charge >= 0.3 is 0 Å². The van der Waals surface area contributed by atoms with Gasteiger partial charge in [0.1, 0.15) is 0 Å². The van der Waals surface area contributed by atoms with Crippen molar-refractivity contribution in [3.63, 3.8) is 0 Å². The van der Waals surface area contributed by atoms with Crippen LogP contribution in [0, 0.1) is 5.92 Å². The van der Waals surface area contributed by atoms with Crippen molar-refractivity contribution < 1.29 is 4.79 Å². The van der Waals surface area contributed by atoms with Gasteiger partial charge in [0.05, 0.1) is 6.54 Å². The Morgan fingerprint density at radius 1 is 1.54 bits per heavy atom. The molecule has 1 amide bonds. The lowest BCUT2D eigenvalue weighted by atomic mass is 10.3. The fraction of sp³-hybridized carbons (Fsp3) is 0.900. The maximum Gasteiger partial charge on any atom is 0.234 e. The molecule has 76 valence electrons. The van der Waals surface area contributed by atoms with Crippen LogP contribution in [0.4, 0.5) is 0 Å². The molecule has 2 N–H and O–H groups in total. The number of nitrogens with one attached hydrogen (secondary N) is 2. The molecule has 13 heavy (non-hydrogen) atoms. The fourth-order valence-electron chi connectivity index (χ4n) is 1.55. The third-order valence-electron chi connectivity index (χ3n) is 2.42. The van der Waals surface area contributed by atoms with Gasteiger partial charge in [-0.15, -0.1) is 0 Å². The Bertz CT molecular complexity index is 180. The molecule has 2 atom stereocenters. The summed E-state index contributed by atoms with van der Waals surface area (Å²) in [5.41, 5.74) is 0. The first-order valence-electron chi connectivity index (χ1n) is 5.16. The number of hydrogen-bond acceptors (Lipinski definition) is 2. The zero-order valence-corrected chi connectivity index (χ0v) is 8.76. The Morgan fingerprint density at radius 2 is 2.23 bits per heavy atom. The molecule has 1 saturated carbocycles. The van der Waals surface area contributed by atoms with Gasteiger partial charge in [0.15, 0.2) is 0 Å². The molecule has 0 spiro atoms. The molecule has 0 aromatic carbocycles. The molecular weight excluding hydrogens is 164 g/mol. The third-order valence-corrected chi connectivity index (χ3v) is 2.42. The Hall–Kier alpha value is -0.570. The summed E-state index contributed by atoms with van der Waals surface area (Å²) in [5.74, 6) is 0.920. The van der Waals surface area contributed by atoms with E-state index < -0.39 is 0 Å². The summed E-state index contributed by atoms with van der Waals surface area (Å²) < 4.78 is 0. The third kappa shape index (κ3) is 3.77. The molecular formula is C10H20N2O. The van der Waals surface area contributed by atoms with Crippen molar-refractivity contribution in [1.29, 1.82) is 0 Å². The van der Waals surface area contributed by atoms with Gasteiger partial charge in [-0.05, 0) is 26.2 Å². The summed E-state index contributed by atoms with van der Waals surface area (Å²) in [4.78, 5) is 11.2. The predicted molar refractivity (Wildman–Crippen MR) is 53.5 cm³/mol. The van der Waals surface area contributed by atoms with E-state index in [1.165, 1.54) is 12.8 Å². The summed E-state index contributed by atoms with van der Waals surface area (Å²) in [6.07, 6.45) is 2.47. The number of hydrogen-bond donors (Lipinski definition) is 2. The smallest absolute Gasteiger partial charge is 0.234 e. The Morgan fingerprint density at radius 3 is 2.69 bits per heavy atom. The number of rotatable bonds is 5. The highest BCUT2D eigenvalue weighted by Gasteiger charge is 2.34. The predicted octanol–water partition coefficient (Wildman–Crippen LogP) is 0.899. The molecule has 1 aliphatic rings. The van der Waals surface area contributed by atoms with Crippen LogP contribution in [0.1, 0.15) is 33.6 Å². The standard InChI is InChI=1S/C10H20N2O/c1-4-8-5-9(8)11-6-10(13)12-7(2)3/h7-9,11H,4-6H2,1-3H3,(H,12,13). The molecule has 1 rings (SSSR count). The summed E-state index contributed by atoms with van der Waals surface area (Å²) >= 11 is 0. The van der Waals surface area contributed by atoms with Crippen molar-refractivity contribution in [1.82, 2.24) is 10.6 Å². The van der Waals surface area contributed by atoms with Crippen LogP contribution in [-0.2, 0) is 4.79 Å². The summed E-state index contributed by atoms with van der Waals surface area (Å²) in [5, 5.41) is 6.11. The summed E-state index contributed by atoms with van der Waals surface area (Å²) in [6.45, 7) is 6.62. The van der Waals surface area contributed by atoms with Crippen LogP contribution in [-0.4, -0.2) is 24.5 Å². The summed E-state index contributed by atoms with van der Waals surface area (Å²) in [6, 6.07) is 0.846. The second-order valence-electron chi connectivity index (χ2n) is 4.11. The Kier molecular flexibility index (Phi) is 3.72. The van der Waals surface area contributed by atoms with E-state index >= 15 is 0 Å². The van der Waals surface area contributed by atoms with Crippen LogP contribution in [0.5, 0.6) is 0 Å². The normalized spacial score (nSPS) is 26.2. The van der Waals surface area contributed by atoms with Crippen molar-refractivity contribution in [2.75, 3.05) is 6.54 Å². The first kappa shape index (κ1) is 10.5. The Balaban J connectivity index is 2.03. The molecule has 1 fully saturated rings. The molecule has 3 heteroatoms. The molecule has 0 bridgehead atoms. The fourth-order valence-corrected chi connectivity index (χ4v) is 1.55. The minimum absolute atomic E-state index is 0.108. The van der Waals surface area contributed by atoms with E-state index in [-0.39, 0.29) is 11.9 Å². The average Bonchev–Trinajstić information content (AvgIpc) is 2.78. The van der Waals surface area contributed by atoms with Crippen molar-refractivity contribution in [2.24, 2.45) is 5.92 Å². The monoisotopic (exact) mass is 184 g/mol. The number of carbonyl (C=O) groups is 1. The zero-order chi connectivity index (χ0) is 9.84. The van der Waals surface area contributed by atoms with Gasteiger partial charge in [0, 0.05) is 12.1 Å². The number of carbonyl (C=O) groups excluding carboxylic acids is 1. The number of amides is 1. The van der Waals surface area contributed by atoms with E-state index in [2.05, 4.69) is 17.6 Å². The molecule has 0 heterocycles. The first-order chi connectivity index (χ1) is 6.13. The molecule has 0 aromatic rings. The highest BCUT2D eigenvalue weighted by molar-refractivity contribution is 5.78. The topological polar surface area (TPSA) is 41.1 Å². The first-order valence-corrected chi connectivity index (χ1v) is 5.16. The SMILES string of the molecule is CCC1CC1NCC(=O)NC(C)C. The maximum atomic E-state index is 11.2. The lowest BCUT2D eigenvalue weighted by Crippen LogP contribution is -2.38. The highest BCUT2D eigenvalue weighted by atomic mass is 16.1. The van der Waals surface area contributed by atoms with Crippen LogP contribution in [0.15, 0.2) is 0 Å². The van der Waals surface area contributed by atoms with E-state index in [0.717, 1.165) is 5.92 Å². The molecule has 3 nitrogen and oxygen atoms in total. The van der Waals surface area contributed by atoms with Crippen LogP contribution in [0.2, 0.25) is 0 Å². The second kappa shape index (κ2) is 4.61.